The highest BCUT2D eigenvalue weighted by Gasteiger charge is 2.64. The number of hydrogen-bond donors (Lipinski definition) is 0. The van der Waals surface area contributed by atoms with Gasteiger partial charge >= 0.3 is 0 Å². The molecule has 0 saturated heterocycles. The molecule has 2 unspecified atom stereocenters. The molecule has 0 amide bonds. The molecule has 12 aromatic rings. The fourth-order valence-corrected chi connectivity index (χ4v) is 14.4. The summed E-state index contributed by atoms with van der Waals surface area (Å²) in [7, 11) is 0. The summed E-state index contributed by atoms with van der Waals surface area (Å²) in [6, 6.07) is 90.7. The van der Waals surface area contributed by atoms with Crippen LogP contribution in [0.3, 0.4) is 0 Å². The quantitative estimate of drug-likeness (QED) is 0.140. The second-order valence-electron chi connectivity index (χ2n) is 21.6. The minimum Gasteiger partial charge on any atom is -0.310 e. The molecule has 16 rings (SSSR count). The Morgan fingerprint density at radius 1 is 0.220 bits per heavy atom. The summed E-state index contributed by atoms with van der Waals surface area (Å²) in [4.78, 5) is 4.38. The molecule has 388 valence electrons. The van der Waals surface area contributed by atoms with Gasteiger partial charge in [0.15, 0.2) is 0 Å². The van der Waals surface area contributed by atoms with Gasteiger partial charge in [0.05, 0.1) is 22.2 Å². The van der Waals surface area contributed by atoms with E-state index in [0.29, 0.717) is 0 Å². The van der Waals surface area contributed by atoms with Gasteiger partial charge in [-0.05, 0) is 198 Å². The van der Waals surface area contributed by atoms with Gasteiger partial charge < -0.3 is 9.80 Å². The second kappa shape index (κ2) is 18.1. The number of hydrogen-bond acceptors (Lipinski definition) is 2. The van der Waals surface area contributed by atoms with E-state index in [-0.39, 0.29) is 23.3 Å². The molecule has 0 fully saturated rings. The van der Waals surface area contributed by atoms with Crippen molar-refractivity contribution in [2.45, 2.75) is 10.8 Å². The molecule has 0 aliphatic heterocycles. The Kier molecular flexibility index (Phi) is 10.5. The number of fused-ring (bicyclic) bond motifs is 18. The lowest BCUT2D eigenvalue weighted by molar-refractivity contribution is 0.623. The maximum Gasteiger partial charge on any atom is 0.123 e. The van der Waals surface area contributed by atoms with E-state index in [1.54, 1.807) is 24.3 Å². The number of rotatable bonds is 8. The number of allylic oxidation sites excluding steroid dienone is 2. The first-order chi connectivity index (χ1) is 40.3. The van der Waals surface area contributed by atoms with E-state index < -0.39 is 10.8 Å². The number of nitrogens with zero attached hydrogens (tertiary/aromatic N) is 2. The van der Waals surface area contributed by atoms with Crippen molar-refractivity contribution in [2.75, 3.05) is 9.80 Å². The molecule has 0 N–H and O–H groups in total. The third-order valence-electron chi connectivity index (χ3n) is 17.5. The molecule has 4 aliphatic rings. The largest absolute Gasteiger partial charge is 0.310 e. The lowest BCUT2D eigenvalue weighted by Crippen LogP contribution is -2.29. The molecule has 2 spiro atoms. The summed E-state index contributed by atoms with van der Waals surface area (Å²) < 4.78 is 63.7. The monoisotopic (exact) mass is 1060 g/mol. The number of anilines is 6. The molecule has 0 bridgehead atoms. The standard InChI is InChI=1S/C76H46F4N2/c77-49-27-33-53(34-28-49)81(71-25-13-9-19-57(71)47-15-3-1-4-16-47)55-37-41-63-69(45-55)75(65-23-11-7-21-59(65)61-39-31-51(79)43-67(61)75)74-64-42-38-56(46-70(64)76(73(63)74)66-24-12-8-22-60(66)62-40-32-52(80)44-68(62)76)82(54-35-29-50(78)30-36-54)72-26-14-10-20-58(72)48-17-5-2-6-18-48/h1-46H. The van der Waals surface area contributed by atoms with Crippen LogP contribution in [0.15, 0.2) is 279 Å². The van der Waals surface area contributed by atoms with Crippen LogP contribution in [0, 0.1) is 23.3 Å². The molecule has 2 atom stereocenters. The van der Waals surface area contributed by atoms with Gasteiger partial charge in [0, 0.05) is 33.9 Å². The van der Waals surface area contributed by atoms with Gasteiger partial charge in [0.25, 0.3) is 0 Å². The van der Waals surface area contributed by atoms with E-state index in [1.807, 2.05) is 109 Å². The molecule has 0 heterocycles. The van der Waals surface area contributed by atoms with Crippen molar-refractivity contribution in [1.82, 2.24) is 0 Å². The number of para-hydroxylation sites is 2. The van der Waals surface area contributed by atoms with Gasteiger partial charge in [-0.15, -0.1) is 0 Å². The fraction of sp³-hybridized carbons (Fsp3) is 0.0263. The van der Waals surface area contributed by atoms with E-state index >= 15 is 17.6 Å². The van der Waals surface area contributed by atoms with Gasteiger partial charge in [-0.3, -0.25) is 0 Å². The van der Waals surface area contributed by atoms with Crippen molar-refractivity contribution in [2.24, 2.45) is 0 Å². The minimum absolute atomic E-state index is 0.350. The first-order valence-corrected chi connectivity index (χ1v) is 27.6. The Labute approximate surface area is 472 Å². The van der Waals surface area contributed by atoms with Crippen molar-refractivity contribution in [3.05, 3.63) is 347 Å². The summed E-state index contributed by atoms with van der Waals surface area (Å²) in [5.74, 6) is -1.43. The van der Waals surface area contributed by atoms with Crippen molar-refractivity contribution in [3.8, 4) is 44.5 Å². The van der Waals surface area contributed by atoms with Crippen LogP contribution in [-0.2, 0) is 10.8 Å². The van der Waals surface area contributed by atoms with Crippen LogP contribution in [0.25, 0.3) is 55.7 Å². The van der Waals surface area contributed by atoms with Gasteiger partial charge in [0.2, 0.25) is 0 Å². The van der Waals surface area contributed by atoms with E-state index in [2.05, 4.69) is 131 Å². The molecule has 0 aromatic heterocycles. The van der Waals surface area contributed by atoms with E-state index in [0.717, 1.165) is 134 Å². The highest BCUT2D eigenvalue weighted by Crippen LogP contribution is 2.75. The van der Waals surface area contributed by atoms with Crippen LogP contribution in [-0.4, -0.2) is 0 Å². The zero-order valence-corrected chi connectivity index (χ0v) is 44.0. The highest BCUT2D eigenvalue weighted by molar-refractivity contribution is 6.20. The Bertz CT molecular complexity index is 4330. The van der Waals surface area contributed by atoms with Crippen LogP contribution in [0.4, 0.5) is 51.7 Å². The zero-order valence-electron chi connectivity index (χ0n) is 44.0. The number of halogens is 4. The predicted molar refractivity (Wildman–Crippen MR) is 323 cm³/mol. The molecular weight excluding hydrogens is 1020 g/mol. The summed E-state index contributed by atoms with van der Waals surface area (Å²) in [5, 5.41) is 0. The average Bonchev–Trinajstić information content (AvgIpc) is 1.50. The Balaban J connectivity index is 1.03. The van der Waals surface area contributed by atoms with Crippen LogP contribution >= 0.6 is 0 Å². The Morgan fingerprint density at radius 2 is 0.524 bits per heavy atom. The van der Waals surface area contributed by atoms with Gasteiger partial charge in [-0.2, -0.15) is 0 Å². The molecule has 2 nitrogen and oxygen atoms in total. The van der Waals surface area contributed by atoms with Crippen molar-refractivity contribution in [3.63, 3.8) is 0 Å². The summed E-state index contributed by atoms with van der Waals surface area (Å²) in [6.45, 7) is 0. The normalized spacial score (nSPS) is 16.3. The van der Waals surface area contributed by atoms with Gasteiger partial charge in [-0.1, -0.05) is 170 Å². The van der Waals surface area contributed by atoms with E-state index in [1.165, 1.54) is 24.3 Å². The topological polar surface area (TPSA) is 6.48 Å². The molecule has 82 heavy (non-hydrogen) atoms. The highest BCUT2D eigenvalue weighted by atomic mass is 19.1. The summed E-state index contributed by atoms with van der Waals surface area (Å²) in [5.41, 5.74) is 19.8. The maximum atomic E-state index is 16.8. The molecule has 4 aliphatic carbocycles. The van der Waals surface area contributed by atoms with E-state index in [4.69, 9.17) is 0 Å². The molecule has 0 saturated carbocycles. The van der Waals surface area contributed by atoms with Crippen LogP contribution in [0.5, 0.6) is 0 Å². The zero-order chi connectivity index (χ0) is 54.8. The lowest BCUT2D eigenvalue weighted by atomic mass is 9.66. The fourth-order valence-electron chi connectivity index (χ4n) is 14.4. The lowest BCUT2D eigenvalue weighted by Gasteiger charge is -2.37. The molecule has 0 radical (unpaired) electrons. The van der Waals surface area contributed by atoms with Crippen molar-refractivity contribution >= 4 is 45.3 Å². The minimum atomic E-state index is -1.14. The third kappa shape index (κ3) is 6.69. The Hall–Kier alpha value is -10.3. The summed E-state index contributed by atoms with van der Waals surface area (Å²) in [6.07, 6.45) is 0. The van der Waals surface area contributed by atoms with E-state index in [9.17, 15) is 0 Å². The molecule has 6 heteroatoms. The summed E-state index contributed by atoms with van der Waals surface area (Å²) >= 11 is 0. The van der Waals surface area contributed by atoms with Crippen molar-refractivity contribution < 1.29 is 17.6 Å². The first-order valence-electron chi connectivity index (χ1n) is 27.6. The third-order valence-corrected chi connectivity index (χ3v) is 17.5. The predicted octanol–water partition coefficient (Wildman–Crippen LogP) is 20.1. The van der Waals surface area contributed by atoms with Gasteiger partial charge in [0.1, 0.15) is 23.3 Å². The number of benzene rings is 12. The van der Waals surface area contributed by atoms with Crippen LogP contribution in [0.1, 0.15) is 44.5 Å². The Morgan fingerprint density at radius 3 is 0.939 bits per heavy atom. The average molecular weight is 1060 g/mol. The maximum absolute atomic E-state index is 16.8. The molecule has 12 aromatic carbocycles. The van der Waals surface area contributed by atoms with Crippen LogP contribution < -0.4 is 9.80 Å². The second-order valence-corrected chi connectivity index (χ2v) is 21.6. The smallest absolute Gasteiger partial charge is 0.123 e. The SMILES string of the molecule is Fc1ccc(N(c2ccc3c(c2)C2(C4=C3C3(c5cc(N(c6ccc(F)cc6)c6ccccc6-c6ccccc6)ccc54)c4ccccc4-c4ccc(F)cc43)c3ccccc3-c3ccc(F)cc32)c2ccccc2-c2ccccc2)cc1. The van der Waals surface area contributed by atoms with Crippen molar-refractivity contribution in [1.29, 1.82) is 0 Å². The van der Waals surface area contributed by atoms with Gasteiger partial charge in [-0.25, -0.2) is 17.6 Å². The van der Waals surface area contributed by atoms with Crippen LogP contribution in [0.2, 0.25) is 0 Å². The first kappa shape index (κ1) is 47.7. The molecular formula is C76H46F4N2.